The number of carbonyl (C=O) groups excluding carboxylic acids is 1. The van der Waals surface area contributed by atoms with E-state index in [1.807, 2.05) is 0 Å². The molecule has 3 rings (SSSR count). The van der Waals surface area contributed by atoms with E-state index < -0.39 is 11.7 Å². The van der Waals surface area contributed by atoms with Gasteiger partial charge in [0.15, 0.2) is 11.6 Å². The van der Waals surface area contributed by atoms with Crippen LogP contribution in [0.5, 0.6) is 5.75 Å². The third kappa shape index (κ3) is 3.22. The van der Waals surface area contributed by atoms with Crippen molar-refractivity contribution in [2.24, 2.45) is 0 Å². The Bertz CT molecular complexity index is 834. The summed E-state index contributed by atoms with van der Waals surface area (Å²) in [6.07, 6.45) is 0. The number of benzene rings is 2. The van der Waals surface area contributed by atoms with Crippen LogP contribution in [0.1, 0.15) is 17.3 Å². The number of rotatable bonds is 5. The van der Waals surface area contributed by atoms with E-state index in [-0.39, 0.29) is 17.9 Å². The molecule has 1 heterocycles. The average Bonchev–Trinajstić information content (AvgIpc) is 3.12. The number of nitrogens with zero attached hydrogens (tertiary/aromatic N) is 3. The van der Waals surface area contributed by atoms with Crippen molar-refractivity contribution in [3.05, 3.63) is 53.8 Å². The monoisotopic (exact) mass is 327 g/mol. The van der Waals surface area contributed by atoms with Crippen LogP contribution in [0.2, 0.25) is 0 Å². The van der Waals surface area contributed by atoms with Gasteiger partial charge in [0.25, 0.3) is 5.91 Å². The number of hydrogen-bond donors (Lipinski definition) is 2. The van der Waals surface area contributed by atoms with Crippen LogP contribution < -0.4 is 10.1 Å². The second-order valence-corrected chi connectivity index (χ2v) is 4.82. The number of carbonyl (C=O) groups is 1. The van der Waals surface area contributed by atoms with Crippen molar-refractivity contribution >= 4 is 11.6 Å². The van der Waals surface area contributed by atoms with Crippen LogP contribution in [0.3, 0.4) is 0 Å². The molecule has 2 aromatic carbocycles. The number of aromatic amines is 1. The Balaban J connectivity index is 1.79. The molecule has 8 heteroatoms. The van der Waals surface area contributed by atoms with E-state index >= 15 is 0 Å². The summed E-state index contributed by atoms with van der Waals surface area (Å²) in [6.45, 7) is 1.99. The van der Waals surface area contributed by atoms with Crippen LogP contribution in [-0.2, 0) is 0 Å². The van der Waals surface area contributed by atoms with Crippen molar-refractivity contribution in [3.8, 4) is 17.1 Å². The molecule has 1 aromatic heterocycles. The number of anilines is 1. The van der Waals surface area contributed by atoms with Crippen molar-refractivity contribution in [1.82, 2.24) is 20.6 Å². The van der Waals surface area contributed by atoms with E-state index in [1.165, 1.54) is 18.2 Å². The summed E-state index contributed by atoms with van der Waals surface area (Å²) in [5, 5.41) is 16.3. The van der Waals surface area contributed by atoms with Crippen LogP contribution in [0.15, 0.2) is 42.5 Å². The molecule has 0 unspecified atom stereocenters. The molecule has 0 atom stereocenters. The predicted octanol–water partition coefficient (Wildman–Crippen LogP) is 2.66. The molecule has 0 aliphatic heterocycles. The maximum absolute atomic E-state index is 13.8. The molecular weight excluding hydrogens is 313 g/mol. The summed E-state index contributed by atoms with van der Waals surface area (Å²) in [7, 11) is 0. The zero-order valence-corrected chi connectivity index (χ0v) is 12.8. The number of nitrogens with one attached hydrogen (secondary N) is 2. The lowest BCUT2D eigenvalue weighted by Crippen LogP contribution is -2.14. The van der Waals surface area contributed by atoms with Crippen molar-refractivity contribution in [3.63, 3.8) is 0 Å². The van der Waals surface area contributed by atoms with Gasteiger partial charge in [0.2, 0.25) is 5.82 Å². The highest BCUT2D eigenvalue weighted by Gasteiger charge is 2.16. The number of tetrazole rings is 1. The molecule has 0 saturated carbocycles. The van der Waals surface area contributed by atoms with Gasteiger partial charge in [0.1, 0.15) is 0 Å². The van der Waals surface area contributed by atoms with E-state index in [4.69, 9.17) is 4.74 Å². The lowest BCUT2D eigenvalue weighted by molar-refractivity contribution is 0.102. The van der Waals surface area contributed by atoms with E-state index in [2.05, 4.69) is 25.9 Å². The second kappa shape index (κ2) is 6.86. The van der Waals surface area contributed by atoms with Gasteiger partial charge >= 0.3 is 0 Å². The Kier molecular flexibility index (Phi) is 4.46. The average molecular weight is 327 g/mol. The molecule has 0 radical (unpaired) electrons. The largest absolute Gasteiger partial charge is 0.490 e. The first kappa shape index (κ1) is 15.6. The first-order valence-corrected chi connectivity index (χ1v) is 7.25. The fourth-order valence-corrected chi connectivity index (χ4v) is 2.16. The minimum absolute atomic E-state index is 0.0547. The van der Waals surface area contributed by atoms with Crippen molar-refractivity contribution < 1.29 is 13.9 Å². The van der Waals surface area contributed by atoms with Crippen LogP contribution in [0.25, 0.3) is 11.4 Å². The topological polar surface area (TPSA) is 92.8 Å². The van der Waals surface area contributed by atoms with Gasteiger partial charge < -0.3 is 10.1 Å². The first-order chi connectivity index (χ1) is 11.7. The fourth-order valence-electron chi connectivity index (χ4n) is 2.16. The number of H-pyrrole nitrogens is 1. The van der Waals surface area contributed by atoms with Crippen molar-refractivity contribution in [1.29, 1.82) is 0 Å². The van der Waals surface area contributed by atoms with Crippen LogP contribution in [0, 0.1) is 5.82 Å². The first-order valence-electron chi connectivity index (χ1n) is 7.25. The van der Waals surface area contributed by atoms with Crippen LogP contribution in [0.4, 0.5) is 10.1 Å². The van der Waals surface area contributed by atoms with Crippen molar-refractivity contribution in [2.45, 2.75) is 6.92 Å². The van der Waals surface area contributed by atoms with E-state index in [1.54, 1.807) is 31.2 Å². The lowest BCUT2D eigenvalue weighted by atomic mass is 10.1. The van der Waals surface area contributed by atoms with Gasteiger partial charge in [-0.15, -0.1) is 10.2 Å². The van der Waals surface area contributed by atoms with Gasteiger partial charge in [-0.1, -0.05) is 6.07 Å². The fraction of sp³-hybridized carbons (Fsp3) is 0.125. The lowest BCUT2D eigenvalue weighted by Gasteiger charge is -2.11. The summed E-state index contributed by atoms with van der Waals surface area (Å²) in [4.78, 5) is 12.4. The highest BCUT2D eigenvalue weighted by atomic mass is 19.1. The van der Waals surface area contributed by atoms with Gasteiger partial charge in [-0.05, 0) is 48.5 Å². The van der Waals surface area contributed by atoms with Gasteiger partial charge in [0, 0.05) is 11.3 Å². The molecule has 24 heavy (non-hydrogen) atoms. The summed E-state index contributed by atoms with van der Waals surface area (Å²) in [6, 6.07) is 11.1. The van der Waals surface area contributed by atoms with E-state index in [0.717, 1.165) is 5.56 Å². The summed E-state index contributed by atoms with van der Waals surface area (Å²) < 4.78 is 19.1. The molecule has 0 aliphatic carbocycles. The molecular formula is C16H14FN5O2. The highest BCUT2D eigenvalue weighted by molar-refractivity contribution is 6.06. The zero-order valence-electron chi connectivity index (χ0n) is 12.8. The second-order valence-electron chi connectivity index (χ2n) is 4.82. The molecule has 0 aliphatic rings. The maximum atomic E-state index is 13.8. The number of para-hydroxylation sites is 1. The molecule has 0 saturated heterocycles. The molecule has 7 nitrogen and oxygen atoms in total. The molecule has 2 N–H and O–H groups in total. The van der Waals surface area contributed by atoms with E-state index in [0.29, 0.717) is 11.5 Å². The molecule has 122 valence electrons. The normalized spacial score (nSPS) is 10.4. The highest BCUT2D eigenvalue weighted by Crippen LogP contribution is 2.24. The Morgan fingerprint density at radius 1 is 1.25 bits per heavy atom. The SMILES string of the molecule is CCOc1c(F)cccc1C(=O)Nc1ccc(-c2nn[nH]n2)cc1. The minimum Gasteiger partial charge on any atom is -0.490 e. The number of amides is 1. The van der Waals surface area contributed by atoms with Gasteiger partial charge in [-0.25, -0.2) is 4.39 Å². The zero-order chi connectivity index (χ0) is 16.9. The minimum atomic E-state index is -0.572. The number of ether oxygens (including phenoxy) is 1. The molecule has 3 aromatic rings. The Morgan fingerprint density at radius 3 is 2.71 bits per heavy atom. The molecule has 0 spiro atoms. The number of halogens is 1. The quantitative estimate of drug-likeness (QED) is 0.751. The van der Waals surface area contributed by atoms with Gasteiger partial charge in [0.05, 0.1) is 12.2 Å². The van der Waals surface area contributed by atoms with Crippen molar-refractivity contribution in [2.75, 3.05) is 11.9 Å². The number of aromatic nitrogens is 4. The van der Waals surface area contributed by atoms with Crippen LogP contribution in [-0.4, -0.2) is 33.1 Å². The van der Waals surface area contributed by atoms with Gasteiger partial charge in [-0.2, -0.15) is 5.21 Å². The molecule has 0 fully saturated rings. The smallest absolute Gasteiger partial charge is 0.259 e. The Labute approximate surface area is 136 Å². The van der Waals surface area contributed by atoms with Crippen LogP contribution >= 0.6 is 0 Å². The summed E-state index contributed by atoms with van der Waals surface area (Å²) in [5.41, 5.74) is 1.44. The Hall–Kier alpha value is -3.29. The standard InChI is InChI=1S/C16H14FN5O2/c1-2-24-14-12(4-3-5-13(14)17)16(23)18-11-8-6-10(7-9-11)15-19-21-22-20-15/h3-9H,2H2,1H3,(H,18,23)(H,19,20,21,22). The number of hydrogen-bond acceptors (Lipinski definition) is 5. The van der Waals surface area contributed by atoms with Gasteiger partial charge in [-0.3, -0.25) is 4.79 Å². The predicted molar refractivity (Wildman–Crippen MR) is 85.1 cm³/mol. The summed E-state index contributed by atoms with van der Waals surface area (Å²) in [5.74, 6) is -0.625. The molecule has 0 bridgehead atoms. The van der Waals surface area contributed by atoms with E-state index in [9.17, 15) is 9.18 Å². The maximum Gasteiger partial charge on any atom is 0.259 e. The Morgan fingerprint density at radius 2 is 2.04 bits per heavy atom. The summed E-state index contributed by atoms with van der Waals surface area (Å²) >= 11 is 0. The third-order valence-corrected chi connectivity index (χ3v) is 3.25. The third-order valence-electron chi connectivity index (χ3n) is 3.25. The molecule has 1 amide bonds.